The Labute approximate surface area is 65.8 Å². The molecule has 1 nitrogen and oxygen atoms in total. The van der Waals surface area contributed by atoms with E-state index in [1.807, 2.05) is 26.0 Å². The van der Waals surface area contributed by atoms with Crippen LogP contribution in [0.4, 0.5) is 4.39 Å². The van der Waals surface area contributed by atoms with E-state index in [0.29, 0.717) is 5.75 Å². The molecule has 0 spiro atoms. The van der Waals surface area contributed by atoms with Gasteiger partial charge in [-0.1, -0.05) is 17.7 Å². The minimum atomic E-state index is -0.760. The molecular weight excluding hydrogens is 143 g/mol. The van der Waals surface area contributed by atoms with E-state index in [4.69, 9.17) is 4.74 Å². The molecule has 0 aliphatic heterocycles. The maximum atomic E-state index is 11.7. The van der Waals surface area contributed by atoms with Gasteiger partial charge in [-0.25, -0.2) is 4.39 Å². The normalized spacial score (nSPS) is 9.73. The molecule has 1 aromatic rings. The Morgan fingerprint density at radius 2 is 2.09 bits per heavy atom. The van der Waals surface area contributed by atoms with Crippen molar-refractivity contribution in [1.82, 2.24) is 0 Å². The Morgan fingerprint density at radius 3 is 2.64 bits per heavy atom. The highest BCUT2D eigenvalue weighted by atomic mass is 19.1. The number of hydrogen-bond donors (Lipinski definition) is 0. The van der Waals surface area contributed by atoms with Gasteiger partial charge in [0, 0.05) is 0 Å². The van der Waals surface area contributed by atoms with Crippen molar-refractivity contribution in [2.75, 3.05) is 6.86 Å². The quantitative estimate of drug-likeness (QED) is 0.636. The van der Waals surface area contributed by atoms with E-state index in [-0.39, 0.29) is 0 Å². The molecule has 0 amide bonds. The van der Waals surface area contributed by atoms with E-state index in [1.54, 1.807) is 6.07 Å². The number of aryl methyl sites for hydroxylation is 2. The Balaban J connectivity index is 2.90. The van der Waals surface area contributed by atoms with Crippen LogP contribution >= 0.6 is 0 Å². The number of rotatable bonds is 2. The average molecular weight is 154 g/mol. The molecule has 0 saturated carbocycles. The topological polar surface area (TPSA) is 9.23 Å². The molecule has 0 atom stereocenters. The molecule has 11 heavy (non-hydrogen) atoms. The highest BCUT2D eigenvalue weighted by Gasteiger charge is 1.97. The lowest BCUT2D eigenvalue weighted by molar-refractivity contribution is 0.190. The predicted molar refractivity (Wildman–Crippen MR) is 42.5 cm³/mol. The van der Waals surface area contributed by atoms with Crippen molar-refractivity contribution >= 4 is 0 Å². The molecule has 0 unspecified atom stereocenters. The summed E-state index contributed by atoms with van der Waals surface area (Å²) in [6, 6.07) is 5.65. The molecular formula is C9H11FO. The Kier molecular flexibility index (Phi) is 2.47. The van der Waals surface area contributed by atoms with Gasteiger partial charge >= 0.3 is 0 Å². The molecule has 0 aromatic heterocycles. The van der Waals surface area contributed by atoms with Crippen molar-refractivity contribution in [2.24, 2.45) is 0 Å². The molecule has 0 N–H and O–H groups in total. The summed E-state index contributed by atoms with van der Waals surface area (Å²) < 4.78 is 16.5. The monoisotopic (exact) mass is 154 g/mol. The fourth-order valence-corrected chi connectivity index (χ4v) is 1.02. The minimum Gasteiger partial charge on any atom is -0.463 e. The zero-order chi connectivity index (χ0) is 8.27. The van der Waals surface area contributed by atoms with Crippen LogP contribution in [0, 0.1) is 13.8 Å². The molecule has 1 aromatic carbocycles. The molecule has 0 fully saturated rings. The molecule has 0 aliphatic carbocycles. The van der Waals surface area contributed by atoms with E-state index in [0.717, 1.165) is 11.1 Å². The van der Waals surface area contributed by atoms with Gasteiger partial charge in [0.2, 0.25) is 6.86 Å². The number of halogens is 1. The molecule has 1 rings (SSSR count). The first-order chi connectivity index (χ1) is 5.24. The summed E-state index contributed by atoms with van der Waals surface area (Å²) in [6.45, 7) is 3.13. The number of hydrogen-bond acceptors (Lipinski definition) is 1. The Bertz CT molecular complexity index is 245. The van der Waals surface area contributed by atoms with Gasteiger partial charge in [0.15, 0.2) is 0 Å². The predicted octanol–water partition coefficient (Wildman–Crippen LogP) is 2.61. The molecule has 0 radical (unpaired) electrons. The summed E-state index contributed by atoms with van der Waals surface area (Å²) in [5, 5.41) is 0. The van der Waals surface area contributed by atoms with Gasteiger partial charge in [-0.05, 0) is 25.5 Å². The number of ether oxygens (including phenoxy) is 1. The first-order valence-corrected chi connectivity index (χ1v) is 3.50. The second-order valence-electron chi connectivity index (χ2n) is 2.52. The van der Waals surface area contributed by atoms with E-state index in [2.05, 4.69) is 0 Å². The van der Waals surface area contributed by atoms with Crippen LogP contribution in [0.1, 0.15) is 11.1 Å². The van der Waals surface area contributed by atoms with Gasteiger partial charge in [0.05, 0.1) is 0 Å². The first kappa shape index (κ1) is 8.05. The van der Waals surface area contributed by atoms with Crippen LogP contribution in [0.2, 0.25) is 0 Å². The molecule has 0 bridgehead atoms. The zero-order valence-corrected chi connectivity index (χ0v) is 6.73. The lowest BCUT2D eigenvalue weighted by Gasteiger charge is -2.04. The van der Waals surface area contributed by atoms with E-state index in [9.17, 15) is 4.39 Å². The van der Waals surface area contributed by atoms with Crippen LogP contribution in [-0.4, -0.2) is 6.86 Å². The van der Waals surface area contributed by atoms with E-state index >= 15 is 0 Å². The fraction of sp³-hybridized carbons (Fsp3) is 0.333. The van der Waals surface area contributed by atoms with Crippen LogP contribution < -0.4 is 4.74 Å². The zero-order valence-electron chi connectivity index (χ0n) is 6.73. The van der Waals surface area contributed by atoms with Gasteiger partial charge in [-0.15, -0.1) is 0 Å². The van der Waals surface area contributed by atoms with Gasteiger partial charge < -0.3 is 4.74 Å². The summed E-state index contributed by atoms with van der Waals surface area (Å²) in [7, 11) is 0. The maximum Gasteiger partial charge on any atom is 0.228 e. The van der Waals surface area contributed by atoms with Crippen LogP contribution in [0.3, 0.4) is 0 Å². The smallest absolute Gasteiger partial charge is 0.228 e. The average Bonchev–Trinajstić information content (AvgIpc) is 1.95. The Morgan fingerprint density at radius 1 is 1.36 bits per heavy atom. The van der Waals surface area contributed by atoms with Crippen LogP contribution in [-0.2, 0) is 0 Å². The molecule has 0 saturated heterocycles. The molecule has 60 valence electrons. The second kappa shape index (κ2) is 3.37. The van der Waals surface area contributed by atoms with Crippen molar-refractivity contribution in [2.45, 2.75) is 13.8 Å². The number of benzene rings is 1. The van der Waals surface area contributed by atoms with Crippen molar-refractivity contribution in [3.8, 4) is 5.75 Å². The summed E-state index contributed by atoms with van der Waals surface area (Å²) >= 11 is 0. The number of alkyl halides is 1. The van der Waals surface area contributed by atoms with Crippen molar-refractivity contribution in [3.63, 3.8) is 0 Å². The SMILES string of the molecule is Cc1ccc(OCF)c(C)c1. The summed E-state index contributed by atoms with van der Waals surface area (Å²) in [4.78, 5) is 0. The van der Waals surface area contributed by atoms with Crippen molar-refractivity contribution < 1.29 is 9.13 Å². The highest BCUT2D eigenvalue weighted by molar-refractivity contribution is 5.35. The van der Waals surface area contributed by atoms with Crippen molar-refractivity contribution in [3.05, 3.63) is 29.3 Å². The van der Waals surface area contributed by atoms with Gasteiger partial charge in [-0.2, -0.15) is 0 Å². The highest BCUT2D eigenvalue weighted by Crippen LogP contribution is 2.18. The van der Waals surface area contributed by atoms with Gasteiger partial charge in [0.25, 0.3) is 0 Å². The maximum absolute atomic E-state index is 11.7. The summed E-state index contributed by atoms with van der Waals surface area (Å²) in [5.74, 6) is 0.623. The van der Waals surface area contributed by atoms with Crippen LogP contribution in [0.5, 0.6) is 5.75 Å². The fourth-order valence-electron chi connectivity index (χ4n) is 1.02. The minimum absolute atomic E-state index is 0.623. The Hall–Kier alpha value is -1.05. The van der Waals surface area contributed by atoms with Gasteiger partial charge in [0.1, 0.15) is 5.75 Å². The first-order valence-electron chi connectivity index (χ1n) is 3.50. The second-order valence-corrected chi connectivity index (χ2v) is 2.52. The van der Waals surface area contributed by atoms with Crippen LogP contribution in [0.25, 0.3) is 0 Å². The summed E-state index contributed by atoms with van der Waals surface area (Å²) in [6.07, 6.45) is 0. The standard InChI is InChI=1S/C9H11FO/c1-7-3-4-9(11-6-10)8(2)5-7/h3-5H,6H2,1-2H3. The molecule has 0 aliphatic rings. The molecule has 0 heterocycles. The van der Waals surface area contributed by atoms with E-state index < -0.39 is 6.86 Å². The lowest BCUT2D eigenvalue weighted by Crippen LogP contribution is -1.92. The lowest BCUT2D eigenvalue weighted by atomic mass is 10.1. The third kappa shape index (κ3) is 1.93. The third-order valence-electron chi connectivity index (χ3n) is 1.54. The van der Waals surface area contributed by atoms with E-state index in [1.165, 1.54) is 0 Å². The molecule has 2 heteroatoms. The van der Waals surface area contributed by atoms with Gasteiger partial charge in [-0.3, -0.25) is 0 Å². The summed E-state index contributed by atoms with van der Waals surface area (Å²) in [5.41, 5.74) is 2.14. The van der Waals surface area contributed by atoms with Crippen LogP contribution in [0.15, 0.2) is 18.2 Å². The van der Waals surface area contributed by atoms with Crippen molar-refractivity contribution in [1.29, 1.82) is 0 Å². The largest absolute Gasteiger partial charge is 0.463 e. The third-order valence-corrected chi connectivity index (χ3v) is 1.54.